The summed E-state index contributed by atoms with van der Waals surface area (Å²) in [5.74, 6) is 0.822. The fourth-order valence-electron chi connectivity index (χ4n) is 4.02. The van der Waals surface area contributed by atoms with E-state index >= 15 is 0 Å². The second kappa shape index (κ2) is 7.89. The van der Waals surface area contributed by atoms with Crippen LogP contribution in [0.15, 0.2) is 23.1 Å². The van der Waals surface area contributed by atoms with Gasteiger partial charge in [0, 0.05) is 37.8 Å². The van der Waals surface area contributed by atoms with Gasteiger partial charge in [0.2, 0.25) is 10.0 Å². The maximum absolute atomic E-state index is 11.8. The average Bonchev–Trinajstić information content (AvgIpc) is 3.09. The van der Waals surface area contributed by atoms with E-state index < -0.39 is 14.9 Å². The third-order valence-electron chi connectivity index (χ3n) is 5.42. The minimum absolute atomic E-state index is 0.136. The number of benzene rings is 1. The Morgan fingerprint density at radius 3 is 2.42 bits per heavy atom. The van der Waals surface area contributed by atoms with E-state index in [0.717, 1.165) is 44.5 Å². The number of hydrogen-bond donors (Lipinski definition) is 2. The number of rotatable bonds is 6. The van der Waals surface area contributed by atoms with Crippen LogP contribution in [0, 0.1) is 16.0 Å². The van der Waals surface area contributed by atoms with Gasteiger partial charge in [-0.1, -0.05) is 12.8 Å². The Bertz CT molecular complexity index is 754. The van der Waals surface area contributed by atoms with E-state index in [2.05, 4.69) is 10.2 Å². The van der Waals surface area contributed by atoms with Crippen LogP contribution >= 0.6 is 0 Å². The zero-order chi connectivity index (χ0) is 18.7. The Morgan fingerprint density at radius 1 is 1.19 bits per heavy atom. The van der Waals surface area contributed by atoms with Crippen LogP contribution in [0.4, 0.5) is 11.4 Å². The molecule has 0 aromatic heterocycles. The molecule has 9 heteroatoms. The lowest BCUT2D eigenvalue weighted by atomic mass is 10.0. The fraction of sp³-hybridized carbons (Fsp3) is 0.647. The Morgan fingerprint density at radius 2 is 1.85 bits per heavy atom. The summed E-state index contributed by atoms with van der Waals surface area (Å²) in [6, 6.07) is 3.89. The van der Waals surface area contributed by atoms with Crippen LogP contribution in [0.25, 0.3) is 0 Å². The highest BCUT2D eigenvalue weighted by Gasteiger charge is 2.25. The molecule has 1 saturated carbocycles. The normalized spacial score (nSPS) is 20.3. The summed E-state index contributed by atoms with van der Waals surface area (Å²) in [6.07, 6.45) is 7.18. The van der Waals surface area contributed by atoms with Crippen molar-refractivity contribution >= 4 is 21.4 Å². The van der Waals surface area contributed by atoms with E-state index in [9.17, 15) is 18.5 Å². The van der Waals surface area contributed by atoms with Crippen molar-refractivity contribution in [3.63, 3.8) is 0 Å². The molecule has 144 valence electrons. The van der Waals surface area contributed by atoms with Crippen LogP contribution in [0.2, 0.25) is 0 Å². The van der Waals surface area contributed by atoms with Crippen LogP contribution in [0.1, 0.15) is 38.5 Å². The van der Waals surface area contributed by atoms with Crippen molar-refractivity contribution in [1.82, 2.24) is 4.90 Å². The molecule has 0 spiro atoms. The van der Waals surface area contributed by atoms with Crippen molar-refractivity contribution in [3.8, 4) is 0 Å². The number of nitro benzene ring substituents is 1. The van der Waals surface area contributed by atoms with E-state index in [0.29, 0.717) is 5.69 Å². The lowest BCUT2D eigenvalue weighted by molar-refractivity contribution is -0.385. The van der Waals surface area contributed by atoms with Gasteiger partial charge in [0.15, 0.2) is 0 Å². The smallest absolute Gasteiger partial charge is 0.270 e. The number of sulfonamides is 1. The van der Waals surface area contributed by atoms with E-state index in [1.54, 1.807) is 0 Å². The molecule has 0 unspecified atom stereocenters. The molecule has 3 rings (SSSR count). The predicted octanol–water partition coefficient (Wildman–Crippen LogP) is 2.31. The fourth-order valence-corrected chi connectivity index (χ4v) is 4.74. The molecule has 1 aromatic carbocycles. The monoisotopic (exact) mass is 382 g/mol. The van der Waals surface area contributed by atoms with Gasteiger partial charge >= 0.3 is 0 Å². The van der Waals surface area contributed by atoms with Crippen molar-refractivity contribution < 1.29 is 13.3 Å². The first-order chi connectivity index (χ1) is 12.3. The van der Waals surface area contributed by atoms with E-state index in [1.165, 1.54) is 37.8 Å². The Hall–Kier alpha value is -1.71. The number of non-ortho nitro benzene ring substituents is 1. The van der Waals surface area contributed by atoms with E-state index in [4.69, 9.17) is 5.14 Å². The van der Waals surface area contributed by atoms with Crippen LogP contribution in [0.5, 0.6) is 0 Å². The highest BCUT2D eigenvalue weighted by atomic mass is 32.2. The summed E-state index contributed by atoms with van der Waals surface area (Å²) in [5, 5.41) is 19.4. The summed E-state index contributed by atoms with van der Waals surface area (Å²) in [7, 11) is -4.04. The van der Waals surface area contributed by atoms with E-state index in [1.807, 2.05) is 0 Å². The summed E-state index contributed by atoms with van der Waals surface area (Å²) in [4.78, 5) is 12.5. The second-order valence-corrected chi connectivity index (χ2v) is 8.88. The highest BCUT2D eigenvalue weighted by Crippen LogP contribution is 2.29. The molecule has 0 radical (unpaired) electrons. The van der Waals surface area contributed by atoms with Gasteiger partial charge in [0.05, 0.1) is 10.6 Å². The predicted molar refractivity (Wildman–Crippen MR) is 99.5 cm³/mol. The Balaban J connectivity index is 1.63. The van der Waals surface area contributed by atoms with Gasteiger partial charge in [0.1, 0.15) is 4.90 Å². The molecule has 1 aliphatic carbocycles. The SMILES string of the molecule is NS(=O)(=O)c1cc([N+](=O)[O-])ccc1NC1CCN(CC2CCCC2)CC1. The van der Waals surface area contributed by atoms with E-state index in [-0.39, 0.29) is 16.6 Å². The zero-order valence-electron chi connectivity index (χ0n) is 14.8. The molecule has 26 heavy (non-hydrogen) atoms. The van der Waals surface area contributed by atoms with Gasteiger partial charge in [-0.2, -0.15) is 0 Å². The Labute approximate surface area is 153 Å². The highest BCUT2D eigenvalue weighted by molar-refractivity contribution is 7.89. The summed E-state index contributed by atoms with van der Waals surface area (Å²) in [6.45, 7) is 3.12. The van der Waals surface area contributed by atoms with Crippen molar-refractivity contribution in [2.24, 2.45) is 11.1 Å². The van der Waals surface area contributed by atoms with Crippen LogP contribution in [0.3, 0.4) is 0 Å². The molecule has 0 amide bonds. The van der Waals surface area contributed by atoms with Crippen molar-refractivity contribution in [3.05, 3.63) is 28.3 Å². The van der Waals surface area contributed by atoms with Gasteiger partial charge in [0.25, 0.3) is 5.69 Å². The largest absolute Gasteiger partial charge is 0.381 e. The maximum atomic E-state index is 11.8. The quantitative estimate of drug-likeness (QED) is 0.576. The minimum Gasteiger partial charge on any atom is -0.381 e. The topological polar surface area (TPSA) is 119 Å². The molecular formula is C17H26N4O4S. The molecule has 1 saturated heterocycles. The average molecular weight is 382 g/mol. The number of primary sulfonamides is 1. The molecule has 1 aromatic rings. The number of likely N-dealkylation sites (tertiary alicyclic amines) is 1. The molecule has 8 nitrogen and oxygen atoms in total. The molecule has 2 fully saturated rings. The van der Waals surface area contributed by atoms with Gasteiger partial charge in [-0.25, -0.2) is 13.6 Å². The lowest BCUT2D eigenvalue weighted by Crippen LogP contribution is -2.41. The summed E-state index contributed by atoms with van der Waals surface area (Å²) < 4.78 is 23.6. The summed E-state index contributed by atoms with van der Waals surface area (Å²) >= 11 is 0. The van der Waals surface area contributed by atoms with Gasteiger partial charge < -0.3 is 10.2 Å². The molecular weight excluding hydrogens is 356 g/mol. The number of hydrogen-bond acceptors (Lipinski definition) is 6. The van der Waals surface area contributed by atoms with Crippen LogP contribution in [-0.4, -0.2) is 43.9 Å². The molecule has 1 heterocycles. The zero-order valence-corrected chi connectivity index (χ0v) is 15.6. The number of nitro groups is 1. The standard InChI is InChI=1S/C17H26N4O4S/c18-26(24,25)17-11-15(21(22)23)5-6-16(17)19-14-7-9-20(10-8-14)12-13-3-1-2-4-13/h5-6,11,13-14,19H,1-4,7-10,12H2,(H2,18,24,25). The molecule has 3 N–H and O–H groups in total. The molecule has 2 aliphatic rings. The lowest BCUT2D eigenvalue weighted by Gasteiger charge is -2.34. The van der Waals surface area contributed by atoms with Crippen molar-refractivity contribution in [1.29, 1.82) is 0 Å². The number of nitrogens with one attached hydrogen (secondary N) is 1. The minimum atomic E-state index is -4.04. The van der Waals surface area contributed by atoms with Crippen molar-refractivity contribution in [2.75, 3.05) is 25.0 Å². The molecule has 0 bridgehead atoms. The first kappa shape index (κ1) is 19.1. The third kappa shape index (κ3) is 4.72. The van der Waals surface area contributed by atoms with Gasteiger partial charge in [-0.15, -0.1) is 0 Å². The molecule has 0 atom stereocenters. The first-order valence-corrected chi connectivity index (χ1v) is 10.7. The second-order valence-electron chi connectivity index (χ2n) is 7.35. The van der Waals surface area contributed by atoms with Crippen LogP contribution in [-0.2, 0) is 10.0 Å². The third-order valence-corrected chi connectivity index (χ3v) is 6.37. The van der Waals surface area contributed by atoms with Gasteiger partial charge in [-0.05, 0) is 37.7 Å². The van der Waals surface area contributed by atoms with Gasteiger partial charge in [-0.3, -0.25) is 10.1 Å². The number of nitrogens with zero attached hydrogens (tertiary/aromatic N) is 2. The Kier molecular flexibility index (Phi) is 5.79. The van der Waals surface area contributed by atoms with Crippen LogP contribution < -0.4 is 10.5 Å². The first-order valence-electron chi connectivity index (χ1n) is 9.13. The maximum Gasteiger partial charge on any atom is 0.270 e. The number of anilines is 1. The number of nitrogens with two attached hydrogens (primary N) is 1. The summed E-state index contributed by atoms with van der Waals surface area (Å²) in [5.41, 5.74) is 0.0540. The van der Waals surface area contributed by atoms with Crippen molar-refractivity contribution in [2.45, 2.75) is 49.5 Å². The number of piperidine rings is 1. The molecule has 1 aliphatic heterocycles.